The Morgan fingerprint density at radius 2 is 1.88 bits per heavy atom. The summed E-state index contributed by atoms with van der Waals surface area (Å²) < 4.78 is 0. The molecule has 0 bridgehead atoms. The Kier molecular flexibility index (Phi) is 4.37. The van der Waals surface area contributed by atoms with E-state index in [0.717, 1.165) is 42.3 Å². The van der Waals surface area contributed by atoms with Crippen LogP contribution in [0.3, 0.4) is 0 Å². The van der Waals surface area contributed by atoms with E-state index >= 15 is 0 Å². The van der Waals surface area contributed by atoms with Crippen molar-refractivity contribution < 1.29 is 4.79 Å². The lowest BCUT2D eigenvalue weighted by molar-refractivity contribution is 0.242. The van der Waals surface area contributed by atoms with E-state index in [-0.39, 0.29) is 12.1 Å². The number of hydrogen-bond acceptors (Lipinski definition) is 2. The van der Waals surface area contributed by atoms with Gasteiger partial charge in [-0.2, -0.15) is 0 Å². The molecule has 2 amide bonds. The molecule has 4 rings (SSSR count). The number of amides is 2. The van der Waals surface area contributed by atoms with Gasteiger partial charge in [0.05, 0.1) is 11.2 Å². The van der Waals surface area contributed by atoms with Crippen molar-refractivity contribution in [3.05, 3.63) is 60.6 Å². The predicted octanol–water partition coefficient (Wildman–Crippen LogP) is 4.41. The maximum atomic E-state index is 12.3. The van der Waals surface area contributed by atoms with Crippen molar-refractivity contribution in [2.75, 3.05) is 5.32 Å². The van der Waals surface area contributed by atoms with Gasteiger partial charge in [-0.05, 0) is 43.2 Å². The molecule has 0 aliphatic heterocycles. The van der Waals surface area contributed by atoms with E-state index in [9.17, 15) is 4.79 Å². The highest BCUT2D eigenvalue weighted by molar-refractivity contribution is 6.00. The first-order valence-electron chi connectivity index (χ1n) is 8.83. The number of nitrogens with zero attached hydrogens (tertiary/aromatic N) is 1. The second-order valence-corrected chi connectivity index (χ2v) is 6.68. The molecular weight excluding hydrogens is 312 g/mol. The molecule has 0 atom stereocenters. The number of carbonyl (C=O) groups excluding carboxylic acids is 1. The van der Waals surface area contributed by atoms with E-state index in [1.807, 2.05) is 6.07 Å². The summed E-state index contributed by atoms with van der Waals surface area (Å²) in [6.45, 7) is 0. The summed E-state index contributed by atoms with van der Waals surface area (Å²) in [4.78, 5) is 19.6. The van der Waals surface area contributed by atoms with Crippen molar-refractivity contribution in [2.24, 2.45) is 0 Å². The fraction of sp³-hybridized carbons (Fsp3) is 0.300. The van der Waals surface area contributed by atoms with Crippen LogP contribution >= 0.6 is 0 Å². The van der Waals surface area contributed by atoms with Gasteiger partial charge in [-0.15, -0.1) is 0 Å². The van der Waals surface area contributed by atoms with E-state index in [2.05, 4.69) is 50.9 Å². The second-order valence-electron chi connectivity index (χ2n) is 6.68. The molecule has 1 aromatic carbocycles. The average Bonchev–Trinajstić information content (AvgIpc) is 3.06. The number of hydrogen-bond donors (Lipinski definition) is 3. The highest BCUT2D eigenvalue weighted by Gasteiger charge is 2.23. The second kappa shape index (κ2) is 6.97. The van der Waals surface area contributed by atoms with E-state index in [4.69, 9.17) is 0 Å². The SMILES string of the molecule is O=C(Nc1c[nH]c2ccncc12)NC1CCC(c2ccccc2)CC1. The minimum Gasteiger partial charge on any atom is -0.359 e. The maximum Gasteiger partial charge on any atom is 0.319 e. The van der Waals surface area contributed by atoms with Gasteiger partial charge in [0, 0.05) is 30.0 Å². The minimum absolute atomic E-state index is 0.145. The van der Waals surface area contributed by atoms with Gasteiger partial charge >= 0.3 is 6.03 Å². The zero-order valence-corrected chi connectivity index (χ0v) is 14.0. The number of urea groups is 1. The fourth-order valence-electron chi connectivity index (χ4n) is 3.71. The van der Waals surface area contributed by atoms with Gasteiger partial charge in [0.15, 0.2) is 0 Å². The zero-order chi connectivity index (χ0) is 17.1. The Labute approximate surface area is 146 Å². The van der Waals surface area contributed by atoms with Gasteiger partial charge in [0.2, 0.25) is 0 Å². The van der Waals surface area contributed by atoms with Crippen molar-refractivity contribution >= 4 is 22.6 Å². The lowest BCUT2D eigenvalue weighted by Crippen LogP contribution is -2.39. The number of fused-ring (bicyclic) bond motifs is 1. The van der Waals surface area contributed by atoms with Crippen molar-refractivity contribution in [3.8, 4) is 0 Å². The molecule has 2 heterocycles. The fourth-order valence-corrected chi connectivity index (χ4v) is 3.71. The van der Waals surface area contributed by atoms with Crippen LogP contribution in [0.1, 0.15) is 37.2 Å². The van der Waals surface area contributed by atoms with Gasteiger partial charge in [0.1, 0.15) is 0 Å². The van der Waals surface area contributed by atoms with Crippen LogP contribution in [0, 0.1) is 0 Å². The number of benzene rings is 1. The Morgan fingerprint density at radius 3 is 2.68 bits per heavy atom. The summed E-state index contributed by atoms with van der Waals surface area (Å²) in [6.07, 6.45) is 9.56. The van der Waals surface area contributed by atoms with Gasteiger partial charge in [-0.1, -0.05) is 30.3 Å². The average molecular weight is 334 g/mol. The Bertz CT molecular complexity index is 850. The highest BCUT2D eigenvalue weighted by atomic mass is 16.2. The molecule has 5 nitrogen and oxygen atoms in total. The van der Waals surface area contributed by atoms with E-state index < -0.39 is 0 Å². The molecule has 5 heteroatoms. The predicted molar refractivity (Wildman–Crippen MR) is 99.7 cm³/mol. The first kappa shape index (κ1) is 15.7. The monoisotopic (exact) mass is 334 g/mol. The number of aromatic nitrogens is 2. The molecule has 0 unspecified atom stereocenters. The number of carbonyl (C=O) groups is 1. The van der Waals surface area contributed by atoms with E-state index in [1.165, 1.54) is 5.56 Å². The van der Waals surface area contributed by atoms with E-state index in [0.29, 0.717) is 5.92 Å². The van der Waals surface area contributed by atoms with Crippen LogP contribution in [-0.4, -0.2) is 22.0 Å². The first-order chi connectivity index (χ1) is 12.3. The van der Waals surface area contributed by atoms with E-state index in [1.54, 1.807) is 18.6 Å². The molecular formula is C20H22N4O. The highest BCUT2D eigenvalue weighted by Crippen LogP contribution is 2.32. The van der Waals surface area contributed by atoms with Crippen LogP contribution in [-0.2, 0) is 0 Å². The van der Waals surface area contributed by atoms with Crippen LogP contribution in [0.25, 0.3) is 10.9 Å². The smallest absolute Gasteiger partial charge is 0.319 e. The van der Waals surface area contributed by atoms with Crippen LogP contribution in [0.2, 0.25) is 0 Å². The van der Waals surface area contributed by atoms with Crippen molar-refractivity contribution in [1.29, 1.82) is 0 Å². The number of rotatable bonds is 3. The topological polar surface area (TPSA) is 69.8 Å². The first-order valence-corrected chi connectivity index (χ1v) is 8.83. The maximum absolute atomic E-state index is 12.3. The Balaban J connectivity index is 1.32. The molecule has 1 aliphatic carbocycles. The molecule has 128 valence electrons. The molecule has 2 aromatic heterocycles. The standard InChI is InChI=1S/C20H22N4O/c25-20(24-19-13-22-18-10-11-21-12-17(18)19)23-16-8-6-15(7-9-16)14-4-2-1-3-5-14/h1-5,10-13,15-16,22H,6-9H2,(H2,23,24,25). The van der Waals surface area contributed by atoms with Gasteiger partial charge < -0.3 is 15.6 Å². The van der Waals surface area contributed by atoms with Crippen LogP contribution in [0.15, 0.2) is 55.0 Å². The van der Waals surface area contributed by atoms with Crippen molar-refractivity contribution in [1.82, 2.24) is 15.3 Å². The Hall–Kier alpha value is -2.82. The van der Waals surface area contributed by atoms with Gasteiger partial charge in [-0.25, -0.2) is 4.79 Å². The summed E-state index contributed by atoms with van der Waals surface area (Å²) in [5.74, 6) is 0.613. The number of nitrogens with one attached hydrogen (secondary N) is 3. The van der Waals surface area contributed by atoms with Gasteiger partial charge in [0.25, 0.3) is 0 Å². The number of aromatic amines is 1. The number of anilines is 1. The summed E-state index contributed by atoms with van der Waals surface area (Å²) in [5, 5.41) is 6.97. The molecule has 0 saturated heterocycles. The number of pyridine rings is 1. The zero-order valence-electron chi connectivity index (χ0n) is 14.0. The minimum atomic E-state index is -0.145. The molecule has 1 saturated carbocycles. The molecule has 0 radical (unpaired) electrons. The van der Waals surface area contributed by atoms with Crippen molar-refractivity contribution in [3.63, 3.8) is 0 Å². The lowest BCUT2D eigenvalue weighted by atomic mass is 9.82. The normalized spacial score (nSPS) is 20.3. The molecule has 1 aliphatic rings. The summed E-state index contributed by atoms with van der Waals surface area (Å²) in [6, 6.07) is 12.7. The summed E-state index contributed by atoms with van der Waals surface area (Å²) in [7, 11) is 0. The molecule has 3 N–H and O–H groups in total. The lowest BCUT2D eigenvalue weighted by Gasteiger charge is -2.29. The van der Waals surface area contributed by atoms with Gasteiger partial charge in [-0.3, -0.25) is 4.98 Å². The molecule has 1 fully saturated rings. The molecule has 3 aromatic rings. The summed E-state index contributed by atoms with van der Waals surface area (Å²) >= 11 is 0. The molecule has 25 heavy (non-hydrogen) atoms. The van der Waals surface area contributed by atoms with Crippen LogP contribution in [0.4, 0.5) is 10.5 Å². The third kappa shape index (κ3) is 3.50. The quantitative estimate of drug-likeness (QED) is 0.664. The van der Waals surface area contributed by atoms with Crippen molar-refractivity contribution in [2.45, 2.75) is 37.6 Å². The van der Waals surface area contributed by atoms with Crippen LogP contribution < -0.4 is 10.6 Å². The van der Waals surface area contributed by atoms with Crippen LogP contribution in [0.5, 0.6) is 0 Å². The third-order valence-corrected chi connectivity index (χ3v) is 5.06. The summed E-state index contributed by atoms with van der Waals surface area (Å²) in [5.41, 5.74) is 3.14. The Morgan fingerprint density at radius 1 is 1.08 bits per heavy atom. The third-order valence-electron chi connectivity index (χ3n) is 5.06. The largest absolute Gasteiger partial charge is 0.359 e. The number of H-pyrrole nitrogens is 1. The molecule has 0 spiro atoms.